The monoisotopic (exact) mass is 306 g/mol. The molecule has 0 amide bonds. The van der Waals surface area contributed by atoms with E-state index in [1.165, 1.54) is 31.2 Å². The summed E-state index contributed by atoms with van der Waals surface area (Å²) >= 11 is 0. The van der Waals surface area contributed by atoms with Crippen LogP contribution in [0.15, 0.2) is 60.9 Å². The van der Waals surface area contributed by atoms with Gasteiger partial charge in [-0.3, -0.25) is 4.98 Å². The topological polar surface area (TPSA) is 38.9 Å². The second-order valence-corrected chi connectivity index (χ2v) is 6.05. The number of aromatic nitrogens is 1. The van der Waals surface area contributed by atoms with Gasteiger partial charge in [0.2, 0.25) is 0 Å². The lowest BCUT2D eigenvalue weighted by Crippen LogP contribution is -1.96. The van der Waals surface area contributed by atoms with Crippen molar-refractivity contribution < 1.29 is 0 Å². The molecule has 2 heteroatoms. The molecule has 0 saturated heterocycles. The number of hydrogen-bond donors (Lipinski definition) is 1. The van der Waals surface area contributed by atoms with Crippen molar-refractivity contribution in [2.45, 2.75) is 39.5 Å². The van der Waals surface area contributed by atoms with Gasteiger partial charge in [0, 0.05) is 23.7 Å². The lowest BCUT2D eigenvalue weighted by Gasteiger charge is -2.17. The third-order valence-corrected chi connectivity index (χ3v) is 4.23. The summed E-state index contributed by atoms with van der Waals surface area (Å²) in [5.41, 5.74) is 12.8. The summed E-state index contributed by atoms with van der Waals surface area (Å²) in [6.07, 6.45) is 8.79. The first-order valence-corrected chi connectivity index (χ1v) is 8.19. The van der Waals surface area contributed by atoms with Crippen LogP contribution in [0.4, 0.5) is 0 Å². The average Bonchev–Trinajstić information content (AvgIpc) is 2.57. The molecule has 1 aromatic carbocycles. The molecule has 1 heterocycles. The molecule has 0 bridgehead atoms. The summed E-state index contributed by atoms with van der Waals surface area (Å²) in [6.45, 7) is 7.87. The van der Waals surface area contributed by atoms with Crippen LogP contribution in [0.25, 0.3) is 11.3 Å². The van der Waals surface area contributed by atoms with Gasteiger partial charge in [-0.15, -0.1) is 0 Å². The Morgan fingerprint density at radius 2 is 1.74 bits per heavy atom. The Balaban J connectivity index is 0.000000174. The lowest BCUT2D eigenvalue weighted by molar-refractivity contribution is 0.714. The van der Waals surface area contributed by atoms with Gasteiger partial charge in [-0.2, -0.15) is 0 Å². The molecule has 1 aliphatic rings. The molecule has 0 saturated carbocycles. The second-order valence-electron chi connectivity index (χ2n) is 6.05. The summed E-state index contributed by atoms with van der Waals surface area (Å²) in [5.74, 6) is 0. The third-order valence-electron chi connectivity index (χ3n) is 4.23. The van der Waals surface area contributed by atoms with Gasteiger partial charge in [0.1, 0.15) is 0 Å². The molecular weight excluding hydrogens is 280 g/mol. The van der Waals surface area contributed by atoms with E-state index in [1.54, 1.807) is 23.5 Å². The van der Waals surface area contributed by atoms with Gasteiger partial charge in [-0.05, 0) is 62.3 Å². The first kappa shape index (κ1) is 17.0. The highest BCUT2D eigenvalue weighted by molar-refractivity contribution is 5.68. The van der Waals surface area contributed by atoms with E-state index in [-0.39, 0.29) is 0 Å². The number of nitrogens with two attached hydrogens (primary N) is 1. The van der Waals surface area contributed by atoms with Crippen molar-refractivity contribution in [3.05, 3.63) is 77.6 Å². The summed E-state index contributed by atoms with van der Waals surface area (Å²) < 4.78 is 0. The van der Waals surface area contributed by atoms with Crippen LogP contribution in [0.5, 0.6) is 0 Å². The number of hydrogen-bond acceptors (Lipinski definition) is 2. The molecule has 0 radical (unpaired) electrons. The van der Waals surface area contributed by atoms with Crippen molar-refractivity contribution >= 4 is 11.3 Å². The van der Waals surface area contributed by atoms with Gasteiger partial charge in [0.05, 0.1) is 0 Å². The van der Waals surface area contributed by atoms with Gasteiger partial charge >= 0.3 is 0 Å². The first-order chi connectivity index (χ1) is 11.1. The molecule has 2 N–H and O–H groups in total. The van der Waals surface area contributed by atoms with Crippen molar-refractivity contribution in [3.63, 3.8) is 0 Å². The second kappa shape index (κ2) is 8.33. The minimum atomic E-state index is 0.597. The summed E-state index contributed by atoms with van der Waals surface area (Å²) in [5, 5.41) is 0. The number of pyridine rings is 1. The highest BCUT2D eigenvalue weighted by Crippen LogP contribution is 2.31. The van der Waals surface area contributed by atoms with Crippen LogP contribution in [0.2, 0.25) is 0 Å². The Bertz CT molecular complexity index is 684. The lowest BCUT2D eigenvalue weighted by atomic mass is 9.88. The van der Waals surface area contributed by atoms with Crippen LogP contribution in [0.1, 0.15) is 49.3 Å². The van der Waals surface area contributed by atoms with Crippen LogP contribution in [0, 0.1) is 6.92 Å². The molecule has 0 fully saturated rings. The van der Waals surface area contributed by atoms with Crippen LogP contribution in [-0.4, -0.2) is 4.98 Å². The molecule has 0 spiro atoms. The fourth-order valence-electron chi connectivity index (χ4n) is 2.92. The third kappa shape index (κ3) is 4.82. The molecule has 1 aliphatic carbocycles. The van der Waals surface area contributed by atoms with E-state index in [9.17, 15) is 0 Å². The fraction of sp³-hybridized carbons (Fsp3) is 0.286. The fourth-order valence-corrected chi connectivity index (χ4v) is 2.92. The van der Waals surface area contributed by atoms with E-state index in [0.29, 0.717) is 5.70 Å². The number of nitrogens with zero attached hydrogens (tertiary/aromatic N) is 1. The minimum Gasteiger partial charge on any atom is -0.399 e. The van der Waals surface area contributed by atoms with Crippen molar-refractivity contribution in [3.8, 4) is 0 Å². The number of rotatable bonds is 2. The molecule has 1 aromatic heterocycles. The summed E-state index contributed by atoms with van der Waals surface area (Å²) in [6, 6.07) is 12.7. The number of aryl methyl sites for hydroxylation is 1. The predicted octanol–water partition coefficient (Wildman–Crippen LogP) is 5.35. The molecule has 0 atom stereocenters. The molecule has 3 rings (SSSR count). The maximum atomic E-state index is 5.49. The zero-order chi connectivity index (χ0) is 16.7. The average molecular weight is 306 g/mol. The van der Waals surface area contributed by atoms with Crippen molar-refractivity contribution in [2.75, 3.05) is 0 Å². The molecule has 2 nitrogen and oxygen atoms in total. The number of benzene rings is 1. The zero-order valence-corrected chi connectivity index (χ0v) is 14.2. The van der Waals surface area contributed by atoms with Crippen LogP contribution < -0.4 is 5.73 Å². The van der Waals surface area contributed by atoms with E-state index in [4.69, 9.17) is 5.73 Å². The highest BCUT2D eigenvalue weighted by atomic mass is 14.6. The summed E-state index contributed by atoms with van der Waals surface area (Å²) in [7, 11) is 0. The smallest absolute Gasteiger partial charge is 0.0318 e. The SMILES string of the molecule is C=C(N)c1ccncc1C.CC1=C(c2ccccc2)CCCC1. The Morgan fingerprint density at radius 1 is 1.04 bits per heavy atom. The van der Waals surface area contributed by atoms with E-state index < -0.39 is 0 Å². The van der Waals surface area contributed by atoms with Crippen molar-refractivity contribution in [1.29, 1.82) is 0 Å². The van der Waals surface area contributed by atoms with E-state index in [2.05, 4.69) is 48.8 Å². The predicted molar refractivity (Wildman–Crippen MR) is 99.7 cm³/mol. The van der Waals surface area contributed by atoms with Gasteiger partial charge in [0.15, 0.2) is 0 Å². The largest absolute Gasteiger partial charge is 0.399 e. The molecule has 0 unspecified atom stereocenters. The van der Waals surface area contributed by atoms with Gasteiger partial charge < -0.3 is 5.73 Å². The van der Waals surface area contributed by atoms with Crippen molar-refractivity contribution in [1.82, 2.24) is 4.98 Å². The zero-order valence-electron chi connectivity index (χ0n) is 14.2. The molecular formula is C21H26N2. The van der Waals surface area contributed by atoms with E-state index in [0.717, 1.165) is 11.1 Å². The summed E-state index contributed by atoms with van der Waals surface area (Å²) in [4.78, 5) is 3.93. The Morgan fingerprint density at radius 3 is 2.30 bits per heavy atom. The Kier molecular flexibility index (Phi) is 6.16. The van der Waals surface area contributed by atoms with Crippen LogP contribution in [0.3, 0.4) is 0 Å². The normalized spacial score (nSPS) is 14.0. The Labute approximate surface area is 139 Å². The van der Waals surface area contributed by atoms with Crippen LogP contribution in [-0.2, 0) is 0 Å². The highest BCUT2D eigenvalue weighted by Gasteiger charge is 2.09. The maximum Gasteiger partial charge on any atom is 0.0318 e. The minimum absolute atomic E-state index is 0.597. The maximum absolute atomic E-state index is 5.49. The molecule has 2 aromatic rings. The quantitative estimate of drug-likeness (QED) is 0.812. The van der Waals surface area contributed by atoms with E-state index >= 15 is 0 Å². The van der Waals surface area contributed by atoms with Crippen molar-refractivity contribution in [2.24, 2.45) is 5.73 Å². The molecule has 23 heavy (non-hydrogen) atoms. The van der Waals surface area contributed by atoms with Gasteiger partial charge in [0.25, 0.3) is 0 Å². The molecule has 120 valence electrons. The van der Waals surface area contributed by atoms with E-state index in [1.807, 2.05) is 13.0 Å². The Hall–Kier alpha value is -2.35. The van der Waals surface area contributed by atoms with Gasteiger partial charge in [-0.25, -0.2) is 0 Å². The van der Waals surface area contributed by atoms with Gasteiger partial charge in [-0.1, -0.05) is 42.5 Å². The molecule has 0 aliphatic heterocycles. The first-order valence-electron chi connectivity index (χ1n) is 8.19. The number of allylic oxidation sites excluding steroid dienone is 2. The van der Waals surface area contributed by atoms with Crippen LogP contribution >= 0.6 is 0 Å². The standard InChI is InChI=1S/C13H16.C8H10N2/c1-11-7-5-6-10-13(11)12-8-3-2-4-9-12;1-6-5-10-4-3-8(6)7(2)9/h2-4,8-9H,5-7,10H2,1H3;3-5H,2,9H2,1H3.